The lowest BCUT2D eigenvalue weighted by atomic mass is 9.99. The van der Waals surface area contributed by atoms with Crippen molar-refractivity contribution in [1.82, 2.24) is 9.47 Å². The molecule has 2 aromatic rings. The number of oxazole rings is 1. The van der Waals surface area contributed by atoms with Crippen LogP contribution in [0.5, 0.6) is 0 Å². The number of benzene rings is 1. The molecule has 5 nitrogen and oxygen atoms in total. The minimum Gasteiger partial charge on any atom is -0.408 e. The first-order valence-electron chi connectivity index (χ1n) is 6.60. The van der Waals surface area contributed by atoms with Crippen molar-refractivity contribution in [3.63, 3.8) is 0 Å². The Labute approximate surface area is 111 Å². The van der Waals surface area contributed by atoms with Crippen LogP contribution in [0.4, 0.5) is 0 Å². The number of rotatable bonds is 2. The molecule has 2 unspecified atom stereocenters. The maximum absolute atomic E-state index is 11.5. The number of aromatic nitrogens is 1. The first-order chi connectivity index (χ1) is 9.10. The third-order valence-corrected chi connectivity index (χ3v) is 4.17. The summed E-state index contributed by atoms with van der Waals surface area (Å²) in [6, 6.07) is 6.37. The molecular formula is C14H19N3O2. The molecule has 2 N–H and O–H groups in total. The van der Waals surface area contributed by atoms with E-state index in [1.165, 1.54) is 5.56 Å². The first kappa shape index (κ1) is 12.4. The van der Waals surface area contributed by atoms with Crippen molar-refractivity contribution in [2.75, 3.05) is 20.1 Å². The Kier molecular flexibility index (Phi) is 2.95. The summed E-state index contributed by atoms with van der Waals surface area (Å²) in [5.41, 5.74) is 8.49. The molecule has 1 aromatic heterocycles. The summed E-state index contributed by atoms with van der Waals surface area (Å²) < 4.78 is 6.71. The predicted octanol–water partition coefficient (Wildman–Crippen LogP) is 1.08. The van der Waals surface area contributed by atoms with Crippen LogP contribution in [-0.4, -0.2) is 29.6 Å². The number of aryl methyl sites for hydroxylation is 1. The van der Waals surface area contributed by atoms with Crippen LogP contribution in [0.15, 0.2) is 27.4 Å². The van der Waals surface area contributed by atoms with Crippen LogP contribution in [0.2, 0.25) is 0 Å². The van der Waals surface area contributed by atoms with Crippen molar-refractivity contribution in [1.29, 1.82) is 0 Å². The van der Waals surface area contributed by atoms with Gasteiger partial charge in [0.25, 0.3) is 0 Å². The summed E-state index contributed by atoms with van der Waals surface area (Å²) >= 11 is 0. The molecule has 0 radical (unpaired) electrons. The van der Waals surface area contributed by atoms with E-state index in [0.29, 0.717) is 17.5 Å². The average Bonchev–Trinajstić information content (AvgIpc) is 2.91. The van der Waals surface area contributed by atoms with Crippen molar-refractivity contribution in [2.45, 2.75) is 12.5 Å². The molecule has 1 aromatic carbocycles. The van der Waals surface area contributed by atoms with Gasteiger partial charge in [0, 0.05) is 19.6 Å². The van der Waals surface area contributed by atoms with Crippen LogP contribution in [0, 0.1) is 5.92 Å². The number of hydrogen-bond donors (Lipinski definition) is 1. The summed E-state index contributed by atoms with van der Waals surface area (Å²) in [6.07, 6.45) is 1.07. The smallest absolute Gasteiger partial charge is 0.408 e. The largest absolute Gasteiger partial charge is 0.419 e. The fourth-order valence-electron chi connectivity index (χ4n) is 3.02. The first-order valence-corrected chi connectivity index (χ1v) is 6.60. The zero-order valence-electron chi connectivity index (χ0n) is 11.3. The zero-order chi connectivity index (χ0) is 13.6. The normalized spacial score (nSPS) is 24.4. The molecule has 1 saturated heterocycles. The van der Waals surface area contributed by atoms with Gasteiger partial charge in [-0.15, -0.1) is 0 Å². The van der Waals surface area contributed by atoms with Gasteiger partial charge < -0.3 is 10.2 Å². The minimum absolute atomic E-state index is 0.313. The Bertz CT molecular complexity index is 658. The number of hydrogen-bond acceptors (Lipinski definition) is 4. The monoisotopic (exact) mass is 261 g/mol. The lowest BCUT2D eigenvalue weighted by molar-refractivity contribution is 0.314. The standard InChI is InChI=1S/C14H19N3O2/c1-16-8-9(7-15)5-11(16)10-3-4-13-12(6-10)17(2)14(18)19-13/h3-4,6,9,11H,5,7-8,15H2,1-2H3. The van der Waals surface area contributed by atoms with Crippen molar-refractivity contribution >= 4 is 11.1 Å². The van der Waals surface area contributed by atoms with Gasteiger partial charge in [-0.2, -0.15) is 0 Å². The Morgan fingerprint density at radius 1 is 1.42 bits per heavy atom. The van der Waals surface area contributed by atoms with Crippen LogP contribution in [0.3, 0.4) is 0 Å². The highest BCUT2D eigenvalue weighted by atomic mass is 16.4. The van der Waals surface area contributed by atoms with E-state index in [2.05, 4.69) is 18.0 Å². The SMILES string of the molecule is CN1CC(CN)CC1c1ccc2oc(=O)n(C)c2c1. The van der Waals surface area contributed by atoms with E-state index in [1.807, 2.05) is 12.1 Å². The molecule has 5 heteroatoms. The average molecular weight is 261 g/mol. The van der Waals surface area contributed by atoms with E-state index in [1.54, 1.807) is 11.6 Å². The molecule has 0 spiro atoms. The van der Waals surface area contributed by atoms with Gasteiger partial charge in [0.15, 0.2) is 5.58 Å². The van der Waals surface area contributed by atoms with Crippen molar-refractivity contribution < 1.29 is 4.42 Å². The van der Waals surface area contributed by atoms with E-state index in [9.17, 15) is 4.79 Å². The quantitative estimate of drug-likeness (QED) is 0.878. The van der Waals surface area contributed by atoms with Gasteiger partial charge in [0.1, 0.15) is 0 Å². The van der Waals surface area contributed by atoms with Crippen molar-refractivity contribution in [3.8, 4) is 0 Å². The van der Waals surface area contributed by atoms with Gasteiger partial charge in [-0.25, -0.2) is 4.79 Å². The second-order valence-electron chi connectivity index (χ2n) is 5.45. The number of fused-ring (bicyclic) bond motifs is 1. The van der Waals surface area contributed by atoms with E-state index >= 15 is 0 Å². The second kappa shape index (κ2) is 4.51. The van der Waals surface area contributed by atoms with E-state index in [4.69, 9.17) is 10.2 Å². The molecule has 1 aliphatic heterocycles. The molecule has 0 amide bonds. The molecule has 2 heterocycles. The summed E-state index contributed by atoms with van der Waals surface area (Å²) in [6.45, 7) is 1.76. The summed E-state index contributed by atoms with van der Waals surface area (Å²) in [5.74, 6) is 0.241. The van der Waals surface area contributed by atoms with Gasteiger partial charge >= 0.3 is 5.76 Å². The van der Waals surface area contributed by atoms with Gasteiger partial charge in [-0.3, -0.25) is 9.47 Å². The zero-order valence-corrected chi connectivity index (χ0v) is 11.3. The fourth-order valence-corrected chi connectivity index (χ4v) is 3.02. The summed E-state index contributed by atoms with van der Waals surface area (Å²) in [5, 5.41) is 0. The predicted molar refractivity (Wildman–Crippen MR) is 74.0 cm³/mol. The third kappa shape index (κ3) is 1.99. The lowest BCUT2D eigenvalue weighted by Crippen LogP contribution is -2.20. The van der Waals surface area contributed by atoms with Crippen molar-refractivity contribution in [3.05, 3.63) is 34.3 Å². The van der Waals surface area contributed by atoms with Crippen LogP contribution >= 0.6 is 0 Å². The van der Waals surface area contributed by atoms with Gasteiger partial charge in [-0.1, -0.05) is 6.07 Å². The maximum atomic E-state index is 11.5. The molecule has 2 atom stereocenters. The highest BCUT2D eigenvalue weighted by Gasteiger charge is 2.29. The van der Waals surface area contributed by atoms with E-state index in [-0.39, 0.29) is 5.76 Å². The summed E-state index contributed by atoms with van der Waals surface area (Å²) in [4.78, 5) is 13.8. The Morgan fingerprint density at radius 2 is 2.21 bits per heavy atom. The third-order valence-electron chi connectivity index (χ3n) is 4.17. The van der Waals surface area contributed by atoms with Crippen LogP contribution in [0.1, 0.15) is 18.0 Å². The van der Waals surface area contributed by atoms with Crippen LogP contribution in [0.25, 0.3) is 11.1 Å². The highest BCUT2D eigenvalue weighted by molar-refractivity contribution is 5.73. The van der Waals surface area contributed by atoms with Crippen molar-refractivity contribution in [2.24, 2.45) is 18.7 Å². The Balaban J connectivity index is 2.01. The topological polar surface area (TPSA) is 64.4 Å². The molecule has 102 valence electrons. The molecule has 19 heavy (non-hydrogen) atoms. The van der Waals surface area contributed by atoms with Gasteiger partial charge in [0.05, 0.1) is 5.52 Å². The Hall–Kier alpha value is -1.59. The maximum Gasteiger partial charge on any atom is 0.419 e. The Morgan fingerprint density at radius 3 is 2.89 bits per heavy atom. The minimum atomic E-state index is -0.313. The molecule has 3 rings (SSSR count). The second-order valence-corrected chi connectivity index (χ2v) is 5.45. The molecule has 0 saturated carbocycles. The van der Waals surface area contributed by atoms with E-state index in [0.717, 1.165) is 25.0 Å². The molecule has 1 fully saturated rings. The number of nitrogens with zero attached hydrogens (tertiary/aromatic N) is 2. The molecule has 1 aliphatic rings. The molecule has 0 bridgehead atoms. The van der Waals surface area contributed by atoms with Crippen LogP contribution in [-0.2, 0) is 7.05 Å². The summed E-state index contributed by atoms with van der Waals surface area (Å²) in [7, 11) is 3.86. The molecule has 0 aliphatic carbocycles. The highest BCUT2D eigenvalue weighted by Crippen LogP contribution is 2.34. The van der Waals surface area contributed by atoms with E-state index < -0.39 is 0 Å². The van der Waals surface area contributed by atoms with Gasteiger partial charge in [-0.05, 0) is 43.6 Å². The number of likely N-dealkylation sites (tertiary alicyclic amines) is 1. The fraction of sp³-hybridized carbons (Fsp3) is 0.500. The molecular weight excluding hydrogens is 242 g/mol. The van der Waals surface area contributed by atoms with Gasteiger partial charge in [0.2, 0.25) is 0 Å². The number of nitrogens with two attached hydrogens (primary N) is 1. The lowest BCUT2D eigenvalue weighted by Gasteiger charge is -2.19. The van der Waals surface area contributed by atoms with Crippen LogP contribution < -0.4 is 11.5 Å².